The third kappa shape index (κ3) is 2.40. The predicted molar refractivity (Wildman–Crippen MR) is 90.0 cm³/mol. The summed E-state index contributed by atoms with van der Waals surface area (Å²) in [6.07, 6.45) is 8.02. The molecule has 23 heavy (non-hydrogen) atoms. The summed E-state index contributed by atoms with van der Waals surface area (Å²) in [6, 6.07) is 7.93. The highest BCUT2D eigenvalue weighted by atomic mass is 16.1. The van der Waals surface area contributed by atoms with Crippen molar-refractivity contribution in [2.45, 2.75) is 31.7 Å². The van der Waals surface area contributed by atoms with Crippen LogP contribution in [0.5, 0.6) is 0 Å². The number of aryl methyl sites for hydroxylation is 1. The van der Waals surface area contributed by atoms with Crippen molar-refractivity contribution < 1.29 is 0 Å². The van der Waals surface area contributed by atoms with E-state index >= 15 is 0 Å². The second-order valence-electron chi connectivity index (χ2n) is 6.05. The maximum absolute atomic E-state index is 12.6. The summed E-state index contributed by atoms with van der Waals surface area (Å²) in [5, 5.41) is 3.20. The van der Waals surface area contributed by atoms with Crippen molar-refractivity contribution in [1.29, 1.82) is 0 Å². The number of imidazole rings is 1. The molecule has 0 aromatic carbocycles. The molecule has 4 rings (SSSR count). The van der Waals surface area contributed by atoms with Crippen LogP contribution in [-0.4, -0.2) is 19.1 Å². The van der Waals surface area contributed by atoms with Crippen LogP contribution in [0.15, 0.2) is 41.5 Å². The van der Waals surface area contributed by atoms with Crippen LogP contribution in [0, 0.1) is 0 Å². The number of anilines is 2. The summed E-state index contributed by atoms with van der Waals surface area (Å²) in [5.41, 5.74) is 1.86. The first kappa shape index (κ1) is 14.0. The fraction of sp³-hybridized carbons (Fsp3) is 0.353. The van der Waals surface area contributed by atoms with Crippen LogP contribution < -0.4 is 11.0 Å². The molecular formula is C17H19N5O. The van der Waals surface area contributed by atoms with Crippen LogP contribution in [-0.2, 0) is 7.05 Å². The number of hydrogen-bond acceptors (Lipinski definition) is 4. The summed E-state index contributed by atoms with van der Waals surface area (Å²) in [6.45, 7) is 0. The van der Waals surface area contributed by atoms with Crippen LogP contribution in [0.1, 0.15) is 31.7 Å². The van der Waals surface area contributed by atoms with Gasteiger partial charge in [0, 0.05) is 25.4 Å². The van der Waals surface area contributed by atoms with Crippen molar-refractivity contribution in [1.82, 2.24) is 19.1 Å². The summed E-state index contributed by atoms with van der Waals surface area (Å²) in [5.74, 6) is 1.44. The third-order valence-electron chi connectivity index (χ3n) is 4.59. The van der Waals surface area contributed by atoms with Crippen LogP contribution >= 0.6 is 0 Å². The van der Waals surface area contributed by atoms with E-state index in [-0.39, 0.29) is 5.69 Å². The molecule has 3 aromatic rings. The molecule has 0 aliphatic heterocycles. The van der Waals surface area contributed by atoms with E-state index in [4.69, 9.17) is 0 Å². The van der Waals surface area contributed by atoms with E-state index in [0.29, 0.717) is 11.9 Å². The average Bonchev–Trinajstić information content (AvgIpc) is 3.17. The highest BCUT2D eigenvalue weighted by Gasteiger charge is 2.23. The maximum atomic E-state index is 12.6. The summed E-state index contributed by atoms with van der Waals surface area (Å²) >= 11 is 0. The predicted octanol–water partition coefficient (Wildman–Crippen LogP) is 2.99. The van der Waals surface area contributed by atoms with Gasteiger partial charge in [-0.25, -0.2) is 14.8 Å². The van der Waals surface area contributed by atoms with Crippen LogP contribution in [0.3, 0.4) is 0 Å². The second kappa shape index (κ2) is 5.53. The minimum Gasteiger partial charge on any atom is -0.325 e. The van der Waals surface area contributed by atoms with E-state index in [0.717, 1.165) is 29.7 Å². The van der Waals surface area contributed by atoms with E-state index in [9.17, 15) is 4.79 Å². The van der Waals surface area contributed by atoms with Gasteiger partial charge in [0.05, 0.1) is 17.2 Å². The van der Waals surface area contributed by atoms with Crippen LogP contribution in [0.25, 0.3) is 11.0 Å². The SMILES string of the molecule is Cn1c(=O)n(C2CCCC2)c2cc(Nc3ccccn3)ncc21. The molecule has 0 radical (unpaired) electrons. The standard InChI is InChI=1S/C17H19N5O/c1-21-14-11-19-16(20-15-8-4-5-9-18-15)10-13(14)22(17(21)23)12-6-2-3-7-12/h4-5,8-12H,2-3,6-7H2,1H3,(H,18,19,20). The third-order valence-corrected chi connectivity index (χ3v) is 4.59. The topological polar surface area (TPSA) is 64.7 Å². The van der Waals surface area contributed by atoms with E-state index in [2.05, 4.69) is 15.3 Å². The molecule has 1 aliphatic carbocycles. The zero-order chi connectivity index (χ0) is 15.8. The number of fused-ring (bicyclic) bond motifs is 1. The molecule has 118 valence electrons. The highest BCUT2D eigenvalue weighted by Crippen LogP contribution is 2.31. The Balaban J connectivity index is 1.81. The number of nitrogens with one attached hydrogen (secondary N) is 1. The lowest BCUT2D eigenvalue weighted by molar-refractivity contribution is 0.509. The second-order valence-corrected chi connectivity index (χ2v) is 6.05. The van der Waals surface area contributed by atoms with Crippen molar-refractivity contribution in [3.05, 3.63) is 47.1 Å². The van der Waals surface area contributed by atoms with Gasteiger partial charge in [0.2, 0.25) is 0 Å². The molecule has 0 atom stereocenters. The van der Waals surface area contributed by atoms with Gasteiger partial charge in [-0.3, -0.25) is 9.13 Å². The normalized spacial score (nSPS) is 15.3. The first-order chi connectivity index (χ1) is 11.2. The lowest BCUT2D eigenvalue weighted by Gasteiger charge is -2.11. The number of nitrogens with zero attached hydrogens (tertiary/aromatic N) is 4. The van der Waals surface area contributed by atoms with Gasteiger partial charge in [0.15, 0.2) is 0 Å². The Labute approximate surface area is 133 Å². The van der Waals surface area contributed by atoms with Gasteiger partial charge in [0.25, 0.3) is 0 Å². The quantitative estimate of drug-likeness (QED) is 0.808. The van der Waals surface area contributed by atoms with Crippen molar-refractivity contribution in [2.75, 3.05) is 5.32 Å². The van der Waals surface area contributed by atoms with Crippen molar-refractivity contribution in [2.24, 2.45) is 7.05 Å². The summed E-state index contributed by atoms with van der Waals surface area (Å²) in [4.78, 5) is 21.3. The van der Waals surface area contributed by atoms with Crippen molar-refractivity contribution >= 4 is 22.7 Å². The Morgan fingerprint density at radius 2 is 1.96 bits per heavy atom. The Morgan fingerprint density at radius 1 is 1.13 bits per heavy atom. The van der Waals surface area contributed by atoms with Crippen LogP contribution in [0.4, 0.5) is 11.6 Å². The molecule has 1 fully saturated rings. The molecule has 0 unspecified atom stereocenters. The Morgan fingerprint density at radius 3 is 2.70 bits per heavy atom. The Bertz CT molecular complexity index is 890. The molecular weight excluding hydrogens is 290 g/mol. The highest BCUT2D eigenvalue weighted by molar-refractivity contribution is 5.79. The average molecular weight is 309 g/mol. The van der Waals surface area contributed by atoms with Crippen LogP contribution in [0.2, 0.25) is 0 Å². The first-order valence-corrected chi connectivity index (χ1v) is 7.99. The molecule has 3 aromatic heterocycles. The van der Waals surface area contributed by atoms with Gasteiger partial charge >= 0.3 is 5.69 Å². The molecule has 1 saturated carbocycles. The fourth-order valence-electron chi connectivity index (χ4n) is 3.41. The molecule has 6 nitrogen and oxygen atoms in total. The molecule has 0 spiro atoms. The number of hydrogen-bond donors (Lipinski definition) is 1. The van der Waals surface area contributed by atoms with E-state index in [1.807, 2.05) is 35.9 Å². The summed E-state index contributed by atoms with van der Waals surface area (Å²) in [7, 11) is 1.81. The molecule has 6 heteroatoms. The monoisotopic (exact) mass is 309 g/mol. The van der Waals surface area contributed by atoms with Gasteiger partial charge in [-0.1, -0.05) is 18.9 Å². The number of aromatic nitrogens is 4. The number of pyridine rings is 2. The molecule has 3 heterocycles. The minimum absolute atomic E-state index is 0.0451. The fourth-order valence-corrected chi connectivity index (χ4v) is 3.41. The number of rotatable bonds is 3. The van der Waals surface area contributed by atoms with E-state index < -0.39 is 0 Å². The molecule has 0 bridgehead atoms. The van der Waals surface area contributed by atoms with Gasteiger partial charge in [-0.05, 0) is 25.0 Å². The zero-order valence-electron chi connectivity index (χ0n) is 13.1. The minimum atomic E-state index is 0.0451. The largest absolute Gasteiger partial charge is 0.329 e. The van der Waals surface area contributed by atoms with E-state index in [1.165, 1.54) is 12.8 Å². The van der Waals surface area contributed by atoms with Crippen molar-refractivity contribution in [3.63, 3.8) is 0 Å². The summed E-state index contributed by atoms with van der Waals surface area (Å²) < 4.78 is 3.62. The van der Waals surface area contributed by atoms with Gasteiger partial charge in [-0.15, -0.1) is 0 Å². The van der Waals surface area contributed by atoms with Gasteiger partial charge in [0.1, 0.15) is 11.6 Å². The Kier molecular flexibility index (Phi) is 3.37. The lowest BCUT2D eigenvalue weighted by atomic mass is 10.2. The van der Waals surface area contributed by atoms with Crippen molar-refractivity contribution in [3.8, 4) is 0 Å². The molecule has 1 aliphatic rings. The molecule has 0 amide bonds. The molecule has 1 N–H and O–H groups in total. The smallest absolute Gasteiger partial charge is 0.325 e. The first-order valence-electron chi connectivity index (χ1n) is 7.99. The van der Waals surface area contributed by atoms with E-state index in [1.54, 1.807) is 17.0 Å². The Hall–Kier alpha value is -2.63. The zero-order valence-corrected chi connectivity index (χ0v) is 13.1. The van der Waals surface area contributed by atoms with Gasteiger partial charge in [-0.2, -0.15) is 0 Å². The molecule has 0 saturated heterocycles. The lowest BCUT2D eigenvalue weighted by Crippen LogP contribution is -2.24. The maximum Gasteiger partial charge on any atom is 0.329 e. The van der Waals surface area contributed by atoms with Gasteiger partial charge < -0.3 is 5.32 Å².